The molecule has 2 saturated heterocycles. The Morgan fingerprint density at radius 2 is 0.861 bits per heavy atom. The summed E-state index contributed by atoms with van der Waals surface area (Å²) in [6.45, 7) is 0.134. The number of ether oxygens (including phenoxy) is 2. The number of hydrogen-bond acceptors (Lipinski definition) is 8. The van der Waals surface area contributed by atoms with Crippen molar-refractivity contribution in [3.05, 3.63) is 70.8 Å². The lowest BCUT2D eigenvalue weighted by Gasteiger charge is -2.16. The van der Waals surface area contributed by atoms with Crippen LogP contribution in [0.25, 0.3) is 12.2 Å². The fourth-order valence-corrected chi connectivity index (χ4v) is 3.29. The summed E-state index contributed by atoms with van der Waals surface area (Å²) >= 11 is 0. The molecule has 12 nitrogen and oxygen atoms in total. The molecule has 36 heavy (non-hydrogen) atoms. The molecule has 4 N–H and O–H groups in total. The van der Waals surface area contributed by atoms with E-state index in [-0.39, 0.29) is 24.4 Å². The second-order valence-corrected chi connectivity index (χ2v) is 7.36. The van der Waals surface area contributed by atoms with Gasteiger partial charge in [0.05, 0.1) is 0 Å². The molecule has 2 aliphatic heterocycles. The third kappa shape index (κ3) is 5.44. The first-order valence-electron chi connectivity index (χ1n) is 10.5. The van der Waals surface area contributed by atoms with E-state index >= 15 is 0 Å². The predicted molar refractivity (Wildman–Crippen MR) is 123 cm³/mol. The molecule has 2 fully saturated rings. The summed E-state index contributed by atoms with van der Waals surface area (Å²) in [5.74, 6) is -2.56. The molecule has 182 valence electrons. The van der Waals surface area contributed by atoms with Gasteiger partial charge in [-0.1, -0.05) is 36.4 Å². The Morgan fingerprint density at radius 3 is 1.22 bits per heavy atom. The van der Waals surface area contributed by atoms with Crippen LogP contribution in [0.4, 0.5) is 9.59 Å². The van der Waals surface area contributed by atoms with Gasteiger partial charge >= 0.3 is 12.1 Å². The number of para-hydroxylation sites is 2. The van der Waals surface area contributed by atoms with Crippen LogP contribution in [0, 0.1) is 0 Å². The fourth-order valence-electron chi connectivity index (χ4n) is 3.29. The number of carbonyl (C=O) groups is 6. The van der Waals surface area contributed by atoms with Crippen LogP contribution in [0.15, 0.2) is 59.7 Å². The minimum absolute atomic E-state index is 0.0669. The van der Waals surface area contributed by atoms with Crippen molar-refractivity contribution in [2.45, 2.75) is 0 Å². The molecule has 0 saturated carbocycles. The van der Waals surface area contributed by atoms with E-state index in [1.807, 2.05) is 21.3 Å². The maximum Gasteiger partial charge on any atom is 0.328 e. The Morgan fingerprint density at radius 1 is 0.528 bits per heavy atom. The standard InChI is InChI=1S/C24H18N4O8/c29-19-15(20(30)26-23(33)25-19)11-13-5-1-3-7-17(13)35-9-10-36-18-8-4-2-6-14(18)12-16-21(31)27-24(34)28-22(16)32/h1-8,11-12H,9-10H2,(H2,25,26,29,30,33)(H2,27,28,31,32,34). The third-order valence-corrected chi connectivity index (χ3v) is 4.92. The number of barbiturate groups is 2. The Hall–Kier alpha value is -5.26. The van der Waals surface area contributed by atoms with Gasteiger partial charge in [-0.2, -0.15) is 0 Å². The van der Waals surface area contributed by atoms with E-state index < -0.39 is 35.7 Å². The first kappa shape index (κ1) is 23.9. The van der Waals surface area contributed by atoms with Crippen molar-refractivity contribution in [3.63, 3.8) is 0 Å². The molecule has 0 atom stereocenters. The van der Waals surface area contributed by atoms with Gasteiger partial charge in [0.1, 0.15) is 35.9 Å². The fraction of sp³-hybridized carbons (Fsp3) is 0.0833. The molecule has 0 aliphatic carbocycles. The molecule has 0 unspecified atom stereocenters. The number of nitrogens with one attached hydrogen (secondary N) is 4. The Balaban J connectivity index is 1.43. The van der Waals surface area contributed by atoms with Crippen molar-refractivity contribution in [2.75, 3.05) is 13.2 Å². The maximum absolute atomic E-state index is 12.0. The third-order valence-electron chi connectivity index (χ3n) is 4.92. The van der Waals surface area contributed by atoms with E-state index in [0.29, 0.717) is 22.6 Å². The van der Waals surface area contributed by atoms with Gasteiger partial charge in [-0.25, -0.2) is 9.59 Å². The predicted octanol–water partition coefficient (Wildman–Crippen LogP) is 0.643. The summed E-state index contributed by atoms with van der Waals surface area (Å²) in [5.41, 5.74) is 0.366. The van der Waals surface area contributed by atoms with E-state index in [2.05, 4.69) is 0 Å². The molecule has 0 radical (unpaired) electrons. The lowest BCUT2D eigenvalue weighted by atomic mass is 10.1. The number of urea groups is 2. The first-order valence-corrected chi connectivity index (χ1v) is 10.5. The van der Waals surface area contributed by atoms with Crippen molar-refractivity contribution in [3.8, 4) is 11.5 Å². The second kappa shape index (κ2) is 10.3. The summed E-state index contributed by atoms with van der Waals surface area (Å²) in [6.07, 6.45) is 2.61. The van der Waals surface area contributed by atoms with Gasteiger partial charge in [0.2, 0.25) is 0 Å². The molecule has 12 heteroatoms. The maximum atomic E-state index is 12.0. The van der Waals surface area contributed by atoms with Crippen LogP contribution in [-0.2, 0) is 19.2 Å². The van der Waals surface area contributed by atoms with Gasteiger partial charge in [-0.05, 0) is 24.3 Å². The number of carbonyl (C=O) groups excluding carboxylic acids is 6. The molecule has 2 aliphatic rings. The summed E-state index contributed by atoms with van der Waals surface area (Å²) in [4.78, 5) is 70.4. The molecule has 0 aromatic heterocycles. The minimum atomic E-state index is -0.891. The summed E-state index contributed by atoms with van der Waals surface area (Å²) < 4.78 is 11.5. The zero-order chi connectivity index (χ0) is 25.7. The minimum Gasteiger partial charge on any atom is -0.489 e. The topological polar surface area (TPSA) is 169 Å². The van der Waals surface area contributed by atoms with Crippen molar-refractivity contribution in [1.82, 2.24) is 21.3 Å². The zero-order valence-corrected chi connectivity index (χ0v) is 18.5. The van der Waals surface area contributed by atoms with E-state index in [0.717, 1.165) is 0 Å². The highest BCUT2D eigenvalue weighted by molar-refractivity contribution is 6.31. The average Bonchev–Trinajstić information content (AvgIpc) is 2.83. The number of rotatable bonds is 7. The quantitative estimate of drug-likeness (QED) is 0.249. The molecular formula is C24H18N4O8. The van der Waals surface area contributed by atoms with E-state index in [4.69, 9.17) is 9.47 Å². The normalized spacial score (nSPS) is 15.4. The molecule has 8 amide bonds. The van der Waals surface area contributed by atoms with Crippen molar-refractivity contribution in [1.29, 1.82) is 0 Å². The SMILES string of the molecule is O=C1NC(=O)C(=Cc2ccccc2OCCOc2ccccc2C=C2C(=O)NC(=O)NC2=O)C(=O)N1. The van der Waals surface area contributed by atoms with Gasteiger partial charge in [0.15, 0.2) is 0 Å². The molecule has 0 bridgehead atoms. The number of amides is 8. The lowest BCUT2D eigenvalue weighted by Crippen LogP contribution is -2.51. The average molecular weight is 490 g/mol. The van der Waals surface area contributed by atoms with Crippen molar-refractivity contribution >= 4 is 47.8 Å². The molecule has 2 aromatic carbocycles. The highest BCUT2D eigenvalue weighted by Gasteiger charge is 2.29. The number of benzene rings is 2. The summed E-state index contributed by atoms with van der Waals surface area (Å²) in [5, 5.41) is 8.01. The van der Waals surface area contributed by atoms with Crippen LogP contribution in [0.5, 0.6) is 11.5 Å². The van der Waals surface area contributed by atoms with E-state index in [1.54, 1.807) is 48.5 Å². The van der Waals surface area contributed by atoms with Gasteiger partial charge in [-0.15, -0.1) is 0 Å². The van der Waals surface area contributed by atoms with Crippen LogP contribution in [-0.4, -0.2) is 48.9 Å². The largest absolute Gasteiger partial charge is 0.489 e. The van der Waals surface area contributed by atoms with Crippen LogP contribution in [0.3, 0.4) is 0 Å². The Bertz CT molecular complexity index is 1210. The first-order chi connectivity index (χ1) is 17.3. The smallest absolute Gasteiger partial charge is 0.328 e. The van der Waals surface area contributed by atoms with Crippen LogP contribution < -0.4 is 30.7 Å². The molecule has 2 heterocycles. The van der Waals surface area contributed by atoms with Crippen LogP contribution in [0.2, 0.25) is 0 Å². The van der Waals surface area contributed by atoms with Crippen LogP contribution in [0.1, 0.15) is 11.1 Å². The van der Waals surface area contributed by atoms with Gasteiger partial charge in [0.25, 0.3) is 23.6 Å². The molecular weight excluding hydrogens is 472 g/mol. The molecule has 2 aromatic rings. The van der Waals surface area contributed by atoms with Crippen molar-refractivity contribution in [2.24, 2.45) is 0 Å². The van der Waals surface area contributed by atoms with Gasteiger partial charge < -0.3 is 9.47 Å². The van der Waals surface area contributed by atoms with Gasteiger partial charge in [0, 0.05) is 11.1 Å². The Kier molecular flexibility index (Phi) is 6.86. The number of imide groups is 4. The van der Waals surface area contributed by atoms with Crippen LogP contribution >= 0.6 is 0 Å². The lowest BCUT2D eigenvalue weighted by molar-refractivity contribution is -0.125. The van der Waals surface area contributed by atoms with E-state index in [9.17, 15) is 28.8 Å². The second-order valence-electron chi connectivity index (χ2n) is 7.36. The zero-order valence-electron chi connectivity index (χ0n) is 18.5. The molecule has 0 spiro atoms. The molecule has 4 rings (SSSR count). The number of hydrogen-bond donors (Lipinski definition) is 4. The summed E-state index contributed by atoms with van der Waals surface area (Å²) in [7, 11) is 0. The summed E-state index contributed by atoms with van der Waals surface area (Å²) in [6, 6.07) is 11.5. The van der Waals surface area contributed by atoms with E-state index in [1.165, 1.54) is 12.2 Å². The monoisotopic (exact) mass is 490 g/mol. The highest BCUT2D eigenvalue weighted by Crippen LogP contribution is 2.24. The van der Waals surface area contributed by atoms with Crippen molar-refractivity contribution < 1.29 is 38.2 Å². The highest BCUT2D eigenvalue weighted by atomic mass is 16.5. The Labute approximate surface area is 203 Å². The van der Waals surface area contributed by atoms with Gasteiger partial charge in [-0.3, -0.25) is 40.4 Å².